The maximum Gasteiger partial charge on any atom is 0.256 e. The van der Waals surface area contributed by atoms with Gasteiger partial charge in [0.1, 0.15) is 12.6 Å². The Kier molecular flexibility index (Phi) is 4.09. The highest BCUT2D eigenvalue weighted by Gasteiger charge is 2.22. The van der Waals surface area contributed by atoms with Crippen LogP contribution >= 0.6 is 0 Å². The molecule has 2 nitrogen and oxygen atoms in total. The summed E-state index contributed by atoms with van der Waals surface area (Å²) in [5.74, 6) is -0.439. The van der Waals surface area contributed by atoms with Crippen LogP contribution in [0.3, 0.4) is 0 Å². The van der Waals surface area contributed by atoms with Gasteiger partial charge in [0.2, 0.25) is 5.58 Å². The Morgan fingerprint density at radius 1 is 0.903 bits per heavy atom. The maximum atomic E-state index is 9.05. The van der Waals surface area contributed by atoms with Crippen LogP contribution in [0.1, 0.15) is 50.5 Å². The van der Waals surface area contributed by atoms with Gasteiger partial charge in [-0.2, -0.15) is 4.57 Å². The molecule has 2 heterocycles. The number of nitrogens with zero attached hydrogens (tertiary/aromatic N) is 1. The third kappa shape index (κ3) is 3.05. The Morgan fingerprint density at radius 2 is 1.74 bits per heavy atom. The Labute approximate surface area is 184 Å². The van der Waals surface area contributed by atoms with Crippen molar-refractivity contribution >= 4 is 32.7 Å². The average Bonchev–Trinajstić information content (AvgIpc) is 3.15. The van der Waals surface area contributed by atoms with E-state index in [1.807, 2.05) is 0 Å². The normalized spacial score (nSPS) is 16.8. The van der Waals surface area contributed by atoms with Gasteiger partial charge >= 0.3 is 0 Å². The summed E-state index contributed by atoms with van der Waals surface area (Å²) in [6, 6.07) is 21.6. The lowest BCUT2D eigenvalue weighted by Crippen LogP contribution is -2.30. The van der Waals surface area contributed by atoms with Crippen LogP contribution in [-0.4, -0.2) is 0 Å². The molecular weight excluding hydrogens is 378 g/mol. The first-order chi connectivity index (χ1) is 15.5. The van der Waals surface area contributed by atoms with E-state index >= 15 is 0 Å². The van der Waals surface area contributed by atoms with Crippen LogP contribution in [0.2, 0.25) is 0 Å². The highest BCUT2D eigenvalue weighted by Crippen LogP contribution is 2.38. The molecule has 154 valence electrons. The summed E-state index contributed by atoms with van der Waals surface area (Å²) in [7, 11) is 2.08. The summed E-state index contributed by atoms with van der Waals surface area (Å²) in [5, 5.41) is 4.65. The minimum Gasteiger partial charge on any atom is -0.449 e. The molecule has 0 aliphatic heterocycles. The maximum absolute atomic E-state index is 9.05. The molecule has 2 heteroatoms. The van der Waals surface area contributed by atoms with Crippen molar-refractivity contribution in [2.75, 3.05) is 0 Å². The quantitative estimate of drug-likeness (QED) is 0.276. The fraction of sp³-hybridized carbons (Fsp3) is 0.276. The third-order valence-electron chi connectivity index (χ3n) is 6.98. The number of furan rings is 1. The second-order valence-corrected chi connectivity index (χ2v) is 9.01. The van der Waals surface area contributed by atoms with Crippen molar-refractivity contribution in [2.24, 2.45) is 7.05 Å². The van der Waals surface area contributed by atoms with E-state index in [0.717, 1.165) is 58.9 Å². The van der Waals surface area contributed by atoms with Crippen LogP contribution in [-0.2, 0) is 7.05 Å². The van der Waals surface area contributed by atoms with Crippen molar-refractivity contribution in [1.82, 2.24) is 0 Å². The molecule has 0 amide bonds. The summed E-state index contributed by atoms with van der Waals surface area (Å²) in [6.45, 7) is 2.15. The van der Waals surface area contributed by atoms with E-state index < -0.39 is 5.89 Å². The summed E-state index contributed by atoms with van der Waals surface area (Å²) < 4.78 is 17.7. The average molecular weight is 408 g/mol. The second-order valence-electron chi connectivity index (χ2n) is 9.01. The van der Waals surface area contributed by atoms with E-state index in [1.165, 1.54) is 28.3 Å². The molecule has 1 aliphatic rings. The number of aryl methyl sites for hydroxylation is 2. The second kappa shape index (κ2) is 7.23. The van der Waals surface area contributed by atoms with Crippen molar-refractivity contribution < 1.29 is 10.4 Å². The molecule has 1 fully saturated rings. The lowest BCUT2D eigenvalue weighted by atomic mass is 9.83. The van der Waals surface area contributed by atoms with E-state index in [4.69, 9.17) is 5.79 Å². The van der Waals surface area contributed by atoms with Gasteiger partial charge in [0, 0.05) is 18.2 Å². The number of pyridine rings is 1. The predicted octanol–water partition coefficient (Wildman–Crippen LogP) is 7.59. The van der Waals surface area contributed by atoms with Gasteiger partial charge in [-0.3, -0.25) is 0 Å². The number of rotatable bonds is 2. The number of aromatic nitrogens is 1. The van der Waals surface area contributed by atoms with Crippen molar-refractivity contribution in [2.45, 2.75) is 44.9 Å². The summed E-state index contributed by atoms with van der Waals surface area (Å²) >= 11 is 0. The molecule has 1 aliphatic carbocycles. The van der Waals surface area contributed by atoms with Crippen molar-refractivity contribution in [3.8, 4) is 11.3 Å². The summed E-state index contributed by atoms with van der Waals surface area (Å²) in [4.78, 5) is 0. The van der Waals surface area contributed by atoms with Gasteiger partial charge in [-0.15, -0.1) is 0 Å². The third-order valence-corrected chi connectivity index (χ3v) is 6.98. The van der Waals surface area contributed by atoms with Gasteiger partial charge in [-0.25, -0.2) is 0 Å². The molecule has 2 aromatic heterocycles. The van der Waals surface area contributed by atoms with E-state index in [9.17, 15) is 0 Å². The molecule has 6 rings (SSSR count). The van der Waals surface area contributed by atoms with Crippen LogP contribution in [0.15, 0.2) is 71.3 Å². The smallest absolute Gasteiger partial charge is 0.256 e. The predicted molar refractivity (Wildman–Crippen MR) is 128 cm³/mol. The fourth-order valence-electron chi connectivity index (χ4n) is 5.26. The van der Waals surface area contributed by atoms with E-state index in [2.05, 4.69) is 85.4 Å². The zero-order valence-electron chi connectivity index (χ0n) is 19.2. The molecule has 0 spiro atoms. The minimum atomic E-state index is -0.439. The van der Waals surface area contributed by atoms with Gasteiger partial charge in [0.05, 0.1) is 5.56 Å². The van der Waals surface area contributed by atoms with E-state index in [1.54, 1.807) is 0 Å². The minimum absolute atomic E-state index is 0.439. The first-order valence-corrected chi connectivity index (χ1v) is 11.4. The largest absolute Gasteiger partial charge is 0.449 e. The van der Waals surface area contributed by atoms with Crippen LogP contribution in [0, 0.1) is 6.92 Å². The van der Waals surface area contributed by atoms with Gasteiger partial charge in [0.25, 0.3) is 5.69 Å². The monoisotopic (exact) mass is 407 g/mol. The van der Waals surface area contributed by atoms with Gasteiger partial charge in [0.15, 0.2) is 6.20 Å². The summed E-state index contributed by atoms with van der Waals surface area (Å²) in [5.41, 5.74) is 6.54. The molecule has 5 aromatic rings. The van der Waals surface area contributed by atoms with Crippen LogP contribution in [0.4, 0.5) is 0 Å². The van der Waals surface area contributed by atoms with Crippen molar-refractivity contribution in [3.05, 3.63) is 78.0 Å². The molecule has 0 N–H and O–H groups in total. The standard InChI is InChI=1S/C29H28NO/c1-19-8-6-7-11-24(19)28-29-25(14-15-30(28)2)26-17-23-16-21(20-9-4-3-5-10-20)12-13-22(23)18-27(26)31-29/h6-8,11-18,20H,3-5,9-10H2,1-2H3/q+1/i20D. The molecule has 0 bridgehead atoms. The highest BCUT2D eigenvalue weighted by atomic mass is 16.3. The molecule has 0 unspecified atom stereocenters. The number of hydrogen-bond donors (Lipinski definition) is 0. The Bertz CT molecular complexity index is 1490. The Morgan fingerprint density at radius 3 is 2.58 bits per heavy atom. The van der Waals surface area contributed by atoms with E-state index in [0.29, 0.717) is 0 Å². The molecule has 1 saturated carbocycles. The van der Waals surface area contributed by atoms with E-state index in [-0.39, 0.29) is 0 Å². The SMILES string of the molecule is [2H]C1(c2ccc3cc4oc5c(-c6ccccc6C)[n+](C)ccc5c4cc3c2)CCCCC1. The Hall–Kier alpha value is -3.13. The van der Waals surface area contributed by atoms with Crippen LogP contribution in [0.25, 0.3) is 44.0 Å². The van der Waals surface area contributed by atoms with Crippen molar-refractivity contribution in [1.29, 1.82) is 0 Å². The van der Waals surface area contributed by atoms with Gasteiger partial charge in [-0.1, -0.05) is 55.7 Å². The Balaban J connectivity index is 1.59. The molecular formula is C29H28NO+. The number of fused-ring (bicyclic) bond motifs is 4. The zero-order chi connectivity index (χ0) is 21.9. The van der Waals surface area contributed by atoms with Crippen LogP contribution in [0.5, 0.6) is 0 Å². The first kappa shape index (κ1) is 17.5. The number of hydrogen-bond acceptors (Lipinski definition) is 1. The number of benzene rings is 3. The highest BCUT2D eigenvalue weighted by molar-refractivity contribution is 6.12. The van der Waals surface area contributed by atoms with Crippen LogP contribution < -0.4 is 4.57 Å². The van der Waals surface area contributed by atoms with Crippen molar-refractivity contribution in [3.63, 3.8) is 0 Å². The molecule has 0 radical (unpaired) electrons. The lowest BCUT2D eigenvalue weighted by molar-refractivity contribution is -0.659. The molecule has 31 heavy (non-hydrogen) atoms. The fourth-order valence-corrected chi connectivity index (χ4v) is 5.26. The zero-order valence-corrected chi connectivity index (χ0v) is 18.2. The lowest BCUT2D eigenvalue weighted by Gasteiger charge is -2.22. The molecule has 0 saturated heterocycles. The topological polar surface area (TPSA) is 17.0 Å². The van der Waals surface area contributed by atoms with Gasteiger partial charge < -0.3 is 4.42 Å². The van der Waals surface area contributed by atoms with Gasteiger partial charge in [-0.05, 0) is 65.8 Å². The summed E-state index contributed by atoms with van der Waals surface area (Å²) in [6.07, 6.45) is 7.63. The first-order valence-electron chi connectivity index (χ1n) is 11.9. The molecule has 3 aromatic carbocycles. The molecule has 0 atom stereocenters.